The first-order valence-electron chi connectivity index (χ1n) is 9.00. The fourth-order valence-corrected chi connectivity index (χ4v) is 3.25. The number of aromatic carboxylic acids is 1. The molecule has 3 aromatic rings. The Bertz CT molecular complexity index is 1110. The Balaban J connectivity index is 1.95. The van der Waals surface area contributed by atoms with Gasteiger partial charge in [-0.2, -0.15) is 13.2 Å². The van der Waals surface area contributed by atoms with Crippen molar-refractivity contribution in [3.63, 3.8) is 0 Å². The second-order valence-corrected chi connectivity index (χ2v) is 7.10. The molecule has 0 fully saturated rings. The van der Waals surface area contributed by atoms with E-state index in [4.69, 9.17) is 16.7 Å². The van der Waals surface area contributed by atoms with E-state index in [2.05, 4.69) is 15.3 Å². The minimum Gasteiger partial charge on any atom is -0.478 e. The maximum atomic E-state index is 13.4. The highest BCUT2D eigenvalue weighted by molar-refractivity contribution is 6.31. The molecule has 0 saturated carbocycles. The molecule has 30 heavy (non-hydrogen) atoms. The summed E-state index contributed by atoms with van der Waals surface area (Å²) in [6, 6.07) is 6.61. The molecular formula is C20H17ClF3N3O3. The van der Waals surface area contributed by atoms with Crippen LogP contribution in [0.1, 0.15) is 57.9 Å². The summed E-state index contributed by atoms with van der Waals surface area (Å²) in [6.45, 7) is 1.86. The van der Waals surface area contributed by atoms with Gasteiger partial charge in [-0.25, -0.2) is 9.78 Å². The molecule has 2 aromatic carbocycles. The number of imidazole rings is 1. The van der Waals surface area contributed by atoms with E-state index in [1.165, 1.54) is 0 Å². The Labute approximate surface area is 174 Å². The first kappa shape index (κ1) is 21.6. The van der Waals surface area contributed by atoms with Crippen LogP contribution in [0.4, 0.5) is 13.2 Å². The van der Waals surface area contributed by atoms with E-state index in [-0.39, 0.29) is 0 Å². The highest BCUT2D eigenvalue weighted by Gasteiger charge is 2.36. The van der Waals surface area contributed by atoms with Crippen molar-refractivity contribution in [3.8, 4) is 0 Å². The number of nitrogens with zero attached hydrogens (tertiary/aromatic N) is 1. The van der Waals surface area contributed by atoms with Gasteiger partial charge < -0.3 is 15.4 Å². The Morgan fingerprint density at radius 1 is 1.23 bits per heavy atom. The van der Waals surface area contributed by atoms with Gasteiger partial charge in [0.1, 0.15) is 5.82 Å². The van der Waals surface area contributed by atoms with Crippen molar-refractivity contribution in [3.05, 3.63) is 63.9 Å². The molecule has 0 radical (unpaired) electrons. The summed E-state index contributed by atoms with van der Waals surface area (Å²) in [5.74, 6) is -2.10. The van der Waals surface area contributed by atoms with Crippen molar-refractivity contribution >= 4 is 34.5 Å². The number of amides is 1. The first-order chi connectivity index (χ1) is 14.1. The Morgan fingerprint density at radius 2 is 1.97 bits per heavy atom. The minimum absolute atomic E-state index is 0.387. The van der Waals surface area contributed by atoms with Crippen molar-refractivity contribution in [2.24, 2.45) is 0 Å². The van der Waals surface area contributed by atoms with Crippen LogP contribution in [0.2, 0.25) is 5.02 Å². The number of rotatable bonds is 6. The molecule has 10 heteroatoms. The van der Waals surface area contributed by atoms with Crippen molar-refractivity contribution in [2.75, 3.05) is 0 Å². The predicted octanol–water partition coefficient (Wildman–Crippen LogP) is 5.20. The van der Waals surface area contributed by atoms with Crippen LogP contribution in [0.25, 0.3) is 11.0 Å². The van der Waals surface area contributed by atoms with Gasteiger partial charge in [0.15, 0.2) is 0 Å². The number of hydrogen-bond acceptors (Lipinski definition) is 3. The molecule has 0 spiro atoms. The van der Waals surface area contributed by atoms with Gasteiger partial charge in [0.05, 0.1) is 33.8 Å². The molecule has 3 N–H and O–H groups in total. The third-order valence-electron chi connectivity index (χ3n) is 4.49. The Morgan fingerprint density at radius 3 is 2.60 bits per heavy atom. The maximum absolute atomic E-state index is 13.4. The monoisotopic (exact) mass is 439 g/mol. The van der Waals surface area contributed by atoms with Gasteiger partial charge in [-0.3, -0.25) is 4.79 Å². The second kappa shape index (κ2) is 8.35. The molecule has 1 amide bonds. The van der Waals surface area contributed by atoms with Gasteiger partial charge in [0.2, 0.25) is 0 Å². The van der Waals surface area contributed by atoms with E-state index >= 15 is 0 Å². The molecule has 158 valence electrons. The maximum Gasteiger partial charge on any atom is 0.417 e. The quantitative estimate of drug-likeness (QED) is 0.491. The number of nitrogens with one attached hydrogen (secondary N) is 2. The number of carbonyl (C=O) groups is 2. The summed E-state index contributed by atoms with van der Waals surface area (Å²) in [7, 11) is 0. The molecule has 0 aliphatic rings. The molecule has 0 aliphatic heterocycles. The standard InChI is InChI=1S/C20H17ClF3N3O3/c1-2-3-15(17-25-14-7-5-11(21)9-16(14)26-17)27-18(28)12-6-4-10(19(29)30)8-13(12)20(22,23)24/h4-9,15H,2-3H2,1H3,(H,25,26)(H,27,28)(H,29,30). The van der Waals surface area contributed by atoms with E-state index in [1.807, 2.05) is 6.92 Å². The largest absolute Gasteiger partial charge is 0.478 e. The number of carboxylic acid groups (broad SMARTS) is 1. The molecule has 1 heterocycles. The number of alkyl halides is 3. The minimum atomic E-state index is -4.89. The number of aromatic nitrogens is 2. The molecular weight excluding hydrogens is 423 g/mol. The summed E-state index contributed by atoms with van der Waals surface area (Å²) in [5, 5.41) is 12.0. The van der Waals surface area contributed by atoms with Crippen LogP contribution < -0.4 is 5.32 Å². The molecule has 6 nitrogen and oxygen atoms in total. The second-order valence-electron chi connectivity index (χ2n) is 6.66. The lowest BCUT2D eigenvalue weighted by molar-refractivity contribution is -0.138. The molecule has 0 saturated heterocycles. The van der Waals surface area contributed by atoms with Crippen molar-refractivity contribution in [2.45, 2.75) is 32.0 Å². The van der Waals surface area contributed by atoms with Gasteiger partial charge in [0, 0.05) is 5.02 Å². The number of hydrogen-bond donors (Lipinski definition) is 3. The average molecular weight is 440 g/mol. The third-order valence-corrected chi connectivity index (χ3v) is 4.73. The Kier molecular flexibility index (Phi) is 6.02. The van der Waals surface area contributed by atoms with Crippen LogP contribution in [0.3, 0.4) is 0 Å². The van der Waals surface area contributed by atoms with Crippen LogP contribution >= 0.6 is 11.6 Å². The number of aromatic amines is 1. The number of carboxylic acids is 1. The zero-order chi connectivity index (χ0) is 22.1. The number of halogens is 4. The van der Waals surface area contributed by atoms with Gasteiger partial charge in [0.25, 0.3) is 5.91 Å². The summed E-state index contributed by atoms with van der Waals surface area (Å²) >= 11 is 5.96. The van der Waals surface area contributed by atoms with E-state index < -0.39 is 40.8 Å². The van der Waals surface area contributed by atoms with Crippen LogP contribution in [0.5, 0.6) is 0 Å². The lowest BCUT2D eigenvalue weighted by Crippen LogP contribution is -2.31. The molecule has 0 bridgehead atoms. The topological polar surface area (TPSA) is 95.1 Å². The molecule has 1 aromatic heterocycles. The summed E-state index contributed by atoms with van der Waals surface area (Å²) in [4.78, 5) is 31.2. The lowest BCUT2D eigenvalue weighted by atomic mass is 10.0. The number of H-pyrrole nitrogens is 1. The first-order valence-corrected chi connectivity index (χ1v) is 9.38. The molecule has 1 unspecified atom stereocenters. The van der Waals surface area contributed by atoms with Gasteiger partial charge >= 0.3 is 12.1 Å². The summed E-state index contributed by atoms with van der Waals surface area (Å²) < 4.78 is 40.3. The van der Waals surface area contributed by atoms with Crippen molar-refractivity contribution in [1.82, 2.24) is 15.3 Å². The van der Waals surface area contributed by atoms with E-state index in [0.717, 1.165) is 12.1 Å². The summed E-state index contributed by atoms with van der Waals surface area (Å²) in [6.07, 6.45) is -3.84. The molecule has 3 rings (SSSR count). The fraction of sp³-hybridized carbons (Fsp3) is 0.250. The van der Waals surface area contributed by atoms with Crippen molar-refractivity contribution < 1.29 is 27.9 Å². The normalized spacial score (nSPS) is 12.7. The smallest absolute Gasteiger partial charge is 0.417 e. The predicted molar refractivity (Wildman–Crippen MR) is 105 cm³/mol. The van der Waals surface area contributed by atoms with Gasteiger partial charge in [-0.15, -0.1) is 0 Å². The van der Waals surface area contributed by atoms with Crippen LogP contribution in [-0.2, 0) is 6.18 Å². The highest BCUT2D eigenvalue weighted by Crippen LogP contribution is 2.33. The van der Waals surface area contributed by atoms with Crippen LogP contribution in [-0.4, -0.2) is 27.0 Å². The molecule has 0 aliphatic carbocycles. The number of fused-ring (bicyclic) bond motifs is 1. The average Bonchev–Trinajstić information content (AvgIpc) is 3.09. The zero-order valence-corrected chi connectivity index (χ0v) is 16.4. The van der Waals surface area contributed by atoms with E-state index in [1.54, 1.807) is 18.2 Å². The number of carbonyl (C=O) groups excluding carboxylic acids is 1. The van der Waals surface area contributed by atoms with Crippen LogP contribution in [0.15, 0.2) is 36.4 Å². The third kappa shape index (κ3) is 4.56. The zero-order valence-electron chi connectivity index (χ0n) is 15.7. The lowest BCUT2D eigenvalue weighted by Gasteiger charge is -2.18. The fourth-order valence-electron chi connectivity index (χ4n) is 3.08. The van der Waals surface area contributed by atoms with E-state index in [9.17, 15) is 22.8 Å². The highest BCUT2D eigenvalue weighted by atomic mass is 35.5. The summed E-state index contributed by atoms with van der Waals surface area (Å²) in [5.41, 5.74) is -1.29. The van der Waals surface area contributed by atoms with Gasteiger partial charge in [-0.05, 0) is 42.8 Å². The van der Waals surface area contributed by atoms with E-state index in [0.29, 0.717) is 40.8 Å². The number of benzene rings is 2. The van der Waals surface area contributed by atoms with Crippen LogP contribution in [0, 0.1) is 0 Å². The van der Waals surface area contributed by atoms with Gasteiger partial charge in [-0.1, -0.05) is 24.9 Å². The van der Waals surface area contributed by atoms with Crippen molar-refractivity contribution in [1.29, 1.82) is 0 Å². The Hall–Kier alpha value is -3.07. The molecule has 1 atom stereocenters. The SMILES string of the molecule is CCCC(NC(=O)c1ccc(C(=O)O)cc1C(F)(F)F)c1nc2ccc(Cl)cc2[nH]1.